The molecular weight excluding hydrogens is 422 g/mol. The van der Waals surface area contributed by atoms with E-state index in [0.717, 1.165) is 64.6 Å². The topological polar surface area (TPSA) is 88.1 Å². The highest BCUT2D eigenvalue weighted by Crippen LogP contribution is 2.39. The van der Waals surface area contributed by atoms with Gasteiger partial charge in [-0.2, -0.15) is 0 Å². The zero-order valence-electron chi connectivity index (χ0n) is 18.8. The van der Waals surface area contributed by atoms with Gasteiger partial charge in [0.2, 0.25) is 0 Å². The highest BCUT2D eigenvalue weighted by atomic mass is 32.2. The van der Waals surface area contributed by atoms with Crippen LogP contribution in [0.15, 0.2) is 35.5 Å². The first-order chi connectivity index (χ1) is 15.5. The van der Waals surface area contributed by atoms with Gasteiger partial charge in [0.1, 0.15) is 5.82 Å². The minimum Gasteiger partial charge on any atom is -0.366 e. The second-order valence-electron chi connectivity index (χ2n) is 9.86. The zero-order valence-corrected chi connectivity index (χ0v) is 19.6. The van der Waals surface area contributed by atoms with Crippen molar-refractivity contribution in [2.24, 2.45) is 11.8 Å². The van der Waals surface area contributed by atoms with Crippen LogP contribution in [0.3, 0.4) is 0 Å². The van der Waals surface area contributed by atoms with Gasteiger partial charge in [-0.25, -0.2) is 8.42 Å². The summed E-state index contributed by atoms with van der Waals surface area (Å²) in [6, 6.07) is 7.92. The first-order valence-electron chi connectivity index (χ1n) is 12.0. The molecule has 1 N–H and O–H groups in total. The smallest absolute Gasteiger partial charge is 0.200 e. The third-order valence-corrected chi connectivity index (χ3v) is 9.74. The van der Waals surface area contributed by atoms with Crippen molar-refractivity contribution < 1.29 is 8.42 Å². The number of likely N-dealkylation sites (tertiary alicyclic amines) is 1. The van der Waals surface area contributed by atoms with Crippen LogP contribution < -0.4 is 5.32 Å². The van der Waals surface area contributed by atoms with Crippen LogP contribution in [0.25, 0.3) is 0 Å². The van der Waals surface area contributed by atoms with E-state index >= 15 is 0 Å². The van der Waals surface area contributed by atoms with Crippen molar-refractivity contribution in [3.05, 3.63) is 41.7 Å². The monoisotopic (exact) mass is 455 g/mol. The van der Waals surface area contributed by atoms with Crippen LogP contribution in [0.1, 0.15) is 56.2 Å². The molecule has 2 saturated carbocycles. The van der Waals surface area contributed by atoms with E-state index in [2.05, 4.69) is 38.4 Å². The molecule has 1 aliphatic heterocycles. The van der Waals surface area contributed by atoms with Gasteiger partial charge in [0.15, 0.2) is 14.9 Å². The molecule has 3 atom stereocenters. The summed E-state index contributed by atoms with van der Waals surface area (Å²) in [6.07, 6.45) is 8.70. The number of aromatic nitrogens is 3. The predicted molar refractivity (Wildman–Crippen MR) is 124 cm³/mol. The molecule has 2 aliphatic carbocycles. The Labute approximate surface area is 191 Å². The average Bonchev–Trinajstić information content (AvgIpc) is 3.34. The van der Waals surface area contributed by atoms with E-state index < -0.39 is 9.84 Å². The Morgan fingerprint density at radius 2 is 1.78 bits per heavy atom. The highest BCUT2D eigenvalue weighted by molar-refractivity contribution is 7.92. The quantitative estimate of drug-likeness (QED) is 0.712. The molecular formula is C24H33N5O2S. The number of hydrogen-bond acceptors (Lipinski definition) is 7. The number of sulfone groups is 1. The van der Waals surface area contributed by atoms with Gasteiger partial charge in [-0.1, -0.05) is 25.3 Å². The molecule has 0 unspecified atom stereocenters. The van der Waals surface area contributed by atoms with E-state index in [-0.39, 0.29) is 10.3 Å². The van der Waals surface area contributed by atoms with Crippen LogP contribution in [0, 0.1) is 18.8 Å². The molecule has 2 aromatic heterocycles. The Kier molecular flexibility index (Phi) is 6.16. The van der Waals surface area contributed by atoms with Crippen LogP contribution in [-0.2, 0) is 16.4 Å². The summed E-state index contributed by atoms with van der Waals surface area (Å²) in [5.41, 5.74) is 2.44. The number of fused-ring (bicyclic) bond motifs is 1. The standard InChI is InChI=1S/C24H33N5O2S/c1-17-6-5-11-25-22(17)16-29-14-18-12-20(13-19(18)15-29)26-23-9-10-24(28-27-23)32(30,31)21-7-3-2-4-8-21/h5-6,9-11,18-21H,2-4,7-8,12-16H2,1H3,(H,26,27)/t18-,19+,20+. The number of aryl methyl sites for hydroxylation is 1. The van der Waals surface area contributed by atoms with E-state index in [1.807, 2.05) is 12.3 Å². The van der Waals surface area contributed by atoms with Crippen LogP contribution in [-0.4, -0.2) is 52.9 Å². The summed E-state index contributed by atoms with van der Waals surface area (Å²) in [6.45, 7) is 5.29. The Morgan fingerprint density at radius 3 is 2.44 bits per heavy atom. The largest absolute Gasteiger partial charge is 0.366 e. The predicted octanol–water partition coefficient (Wildman–Crippen LogP) is 3.61. The maximum atomic E-state index is 12.8. The van der Waals surface area contributed by atoms with Crippen molar-refractivity contribution in [3.8, 4) is 0 Å². The molecule has 5 rings (SSSR count). The lowest BCUT2D eigenvalue weighted by Crippen LogP contribution is -2.26. The minimum atomic E-state index is -3.37. The fourth-order valence-corrected chi connectivity index (χ4v) is 7.55. The van der Waals surface area contributed by atoms with Gasteiger partial charge in [0.05, 0.1) is 10.9 Å². The van der Waals surface area contributed by atoms with Crippen molar-refractivity contribution in [1.82, 2.24) is 20.1 Å². The maximum absolute atomic E-state index is 12.8. The number of nitrogens with one attached hydrogen (secondary N) is 1. The molecule has 0 spiro atoms. The van der Waals surface area contributed by atoms with E-state index in [0.29, 0.717) is 23.7 Å². The molecule has 172 valence electrons. The Hall–Kier alpha value is -2.06. The van der Waals surface area contributed by atoms with Gasteiger partial charge in [-0.3, -0.25) is 9.88 Å². The second kappa shape index (κ2) is 9.06. The summed E-state index contributed by atoms with van der Waals surface area (Å²) in [7, 11) is -3.37. The number of nitrogens with zero attached hydrogens (tertiary/aromatic N) is 4. The fourth-order valence-electron chi connectivity index (χ4n) is 5.84. The molecule has 2 aromatic rings. The van der Waals surface area contributed by atoms with Gasteiger partial charge in [0, 0.05) is 31.9 Å². The van der Waals surface area contributed by atoms with E-state index in [9.17, 15) is 8.42 Å². The Balaban J connectivity index is 1.15. The lowest BCUT2D eigenvalue weighted by molar-refractivity contribution is 0.297. The maximum Gasteiger partial charge on any atom is 0.200 e. The van der Waals surface area contributed by atoms with Crippen molar-refractivity contribution in [2.45, 2.75) is 74.7 Å². The number of hydrogen-bond donors (Lipinski definition) is 1. The van der Waals surface area contributed by atoms with Gasteiger partial charge < -0.3 is 5.32 Å². The van der Waals surface area contributed by atoms with Crippen LogP contribution >= 0.6 is 0 Å². The molecule has 3 aliphatic rings. The number of rotatable bonds is 6. The van der Waals surface area contributed by atoms with Crippen LogP contribution in [0.2, 0.25) is 0 Å². The number of anilines is 1. The average molecular weight is 456 g/mol. The molecule has 0 aromatic carbocycles. The SMILES string of the molecule is Cc1cccnc1CN1C[C@H]2C[C@H](Nc3ccc(S(=O)(=O)C4CCCCC4)nn3)C[C@H]2C1. The Morgan fingerprint density at radius 1 is 1.03 bits per heavy atom. The summed E-state index contributed by atoms with van der Waals surface area (Å²) in [4.78, 5) is 7.08. The molecule has 7 nitrogen and oxygen atoms in total. The Bertz CT molecular complexity index is 1020. The summed E-state index contributed by atoms with van der Waals surface area (Å²) < 4.78 is 25.7. The van der Waals surface area contributed by atoms with E-state index in [1.54, 1.807) is 12.1 Å². The first kappa shape index (κ1) is 21.8. The second-order valence-corrected chi connectivity index (χ2v) is 12.0. The lowest BCUT2D eigenvalue weighted by Gasteiger charge is -2.21. The lowest BCUT2D eigenvalue weighted by atomic mass is 10.0. The van der Waals surface area contributed by atoms with E-state index in [4.69, 9.17) is 0 Å². The number of pyridine rings is 1. The van der Waals surface area contributed by atoms with Gasteiger partial charge in [0.25, 0.3) is 0 Å². The summed E-state index contributed by atoms with van der Waals surface area (Å²) in [5, 5.41) is 11.6. The molecule has 32 heavy (non-hydrogen) atoms. The fraction of sp³-hybridized carbons (Fsp3) is 0.625. The van der Waals surface area contributed by atoms with Crippen molar-refractivity contribution >= 4 is 15.7 Å². The molecule has 3 fully saturated rings. The van der Waals surface area contributed by atoms with Crippen LogP contribution in [0.4, 0.5) is 5.82 Å². The first-order valence-corrected chi connectivity index (χ1v) is 13.5. The summed E-state index contributed by atoms with van der Waals surface area (Å²) >= 11 is 0. The van der Waals surface area contributed by atoms with E-state index in [1.165, 1.54) is 11.3 Å². The van der Waals surface area contributed by atoms with Crippen molar-refractivity contribution in [3.63, 3.8) is 0 Å². The molecule has 0 radical (unpaired) electrons. The van der Waals surface area contributed by atoms with Gasteiger partial charge >= 0.3 is 0 Å². The van der Waals surface area contributed by atoms with Crippen molar-refractivity contribution in [2.75, 3.05) is 18.4 Å². The van der Waals surface area contributed by atoms with Gasteiger partial charge in [-0.05, 0) is 68.2 Å². The van der Waals surface area contributed by atoms with Gasteiger partial charge in [-0.15, -0.1) is 10.2 Å². The molecule has 3 heterocycles. The molecule has 1 saturated heterocycles. The molecule has 8 heteroatoms. The molecule has 0 bridgehead atoms. The third kappa shape index (κ3) is 4.53. The summed E-state index contributed by atoms with van der Waals surface area (Å²) in [5.74, 6) is 2.06. The van der Waals surface area contributed by atoms with Crippen molar-refractivity contribution in [1.29, 1.82) is 0 Å². The minimum absolute atomic E-state index is 0.124. The highest BCUT2D eigenvalue weighted by Gasteiger charge is 2.41. The normalized spacial score (nSPS) is 26.8. The molecule has 0 amide bonds. The zero-order chi connectivity index (χ0) is 22.1. The van der Waals surface area contributed by atoms with Crippen LogP contribution in [0.5, 0.6) is 0 Å². The third-order valence-electron chi connectivity index (χ3n) is 7.59.